The van der Waals surface area contributed by atoms with Crippen LogP contribution in [-0.2, 0) is 6.42 Å². The second-order valence-corrected chi connectivity index (χ2v) is 4.56. The van der Waals surface area contributed by atoms with Crippen LogP contribution in [0.1, 0.15) is 27.8 Å². The average Bonchev–Trinajstić information content (AvgIpc) is 2.31. The molecular formula is C16H17F. The van der Waals surface area contributed by atoms with Gasteiger partial charge in [-0.05, 0) is 61.1 Å². The van der Waals surface area contributed by atoms with Gasteiger partial charge in [0.15, 0.2) is 0 Å². The van der Waals surface area contributed by atoms with Gasteiger partial charge in [0.2, 0.25) is 0 Å². The molecule has 0 nitrogen and oxygen atoms in total. The summed E-state index contributed by atoms with van der Waals surface area (Å²) in [7, 11) is 0. The van der Waals surface area contributed by atoms with Crippen molar-refractivity contribution in [1.82, 2.24) is 0 Å². The standard InChI is InChI=1S/C16H17F/c1-11-6-4-7-14(12(11)2)10-15-8-5-9-16(17)13(15)3/h4-9H,10H2,1-3H3. The van der Waals surface area contributed by atoms with Crippen LogP contribution in [0.25, 0.3) is 0 Å². The largest absolute Gasteiger partial charge is 0.207 e. The molecule has 0 atom stereocenters. The van der Waals surface area contributed by atoms with Gasteiger partial charge < -0.3 is 0 Å². The lowest BCUT2D eigenvalue weighted by atomic mass is 9.95. The van der Waals surface area contributed by atoms with Gasteiger partial charge in [0.1, 0.15) is 5.82 Å². The molecule has 0 heterocycles. The highest BCUT2D eigenvalue weighted by Crippen LogP contribution is 2.20. The van der Waals surface area contributed by atoms with E-state index in [1.54, 1.807) is 6.07 Å². The summed E-state index contributed by atoms with van der Waals surface area (Å²) < 4.78 is 13.5. The molecule has 0 bridgehead atoms. The molecule has 17 heavy (non-hydrogen) atoms. The van der Waals surface area contributed by atoms with Crippen molar-refractivity contribution >= 4 is 0 Å². The highest BCUT2D eigenvalue weighted by molar-refractivity contribution is 5.39. The molecule has 0 saturated heterocycles. The van der Waals surface area contributed by atoms with Crippen LogP contribution in [0.5, 0.6) is 0 Å². The molecule has 0 aliphatic carbocycles. The number of benzene rings is 2. The third kappa shape index (κ3) is 2.38. The molecule has 88 valence electrons. The number of rotatable bonds is 2. The summed E-state index contributed by atoms with van der Waals surface area (Å²) in [6.07, 6.45) is 0.803. The van der Waals surface area contributed by atoms with E-state index in [1.165, 1.54) is 22.8 Å². The van der Waals surface area contributed by atoms with Crippen LogP contribution in [0.4, 0.5) is 4.39 Å². The van der Waals surface area contributed by atoms with E-state index in [2.05, 4.69) is 32.0 Å². The zero-order valence-electron chi connectivity index (χ0n) is 10.5. The molecule has 0 saturated carbocycles. The van der Waals surface area contributed by atoms with Crippen LogP contribution >= 0.6 is 0 Å². The van der Waals surface area contributed by atoms with E-state index in [1.807, 2.05) is 13.0 Å². The van der Waals surface area contributed by atoms with E-state index in [-0.39, 0.29) is 5.82 Å². The van der Waals surface area contributed by atoms with Crippen molar-refractivity contribution in [1.29, 1.82) is 0 Å². The minimum absolute atomic E-state index is 0.118. The van der Waals surface area contributed by atoms with E-state index < -0.39 is 0 Å². The third-order valence-electron chi connectivity index (χ3n) is 3.48. The minimum atomic E-state index is -0.118. The maximum absolute atomic E-state index is 13.5. The predicted molar refractivity (Wildman–Crippen MR) is 69.9 cm³/mol. The summed E-state index contributed by atoms with van der Waals surface area (Å²) in [5.74, 6) is -0.118. The van der Waals surface area contributed by atoms with Gasteiger partial charge in [-0.15, -0.1) is 0 Å². The van der Waals surface area contributed by atoms with Gasteiger partial charge >= 0.3 is 0 Å². The Labute approximate surface area is 102 Å². The summed E-state index contributed by atoms with van der Waals surface area (Å²) in [6, 6.07) is 11.6. The molecule has 0 spiro atoms. The van der Waals surface area contributed by atoms with Crippen molar-refractivity contribution in [2.24, 2.45) is 0 Å². The van der Waals surface area contributed by atoms with Gasteiger partial charge in [-0.1, -0.05) is 30.3 Å². The Morgan fingerprint density at radius 3 is 2.12 bits per heavy atom. The lowest BCUT2D eigenvalue weighted by Crippen LogP contribution is -1.97. The van der Waals surface area contributed by atoms with Gasteiger partial charge in [-0.2, -0.15) is 0 Å². The number of halogens is 1. The second-order valence-electron chi connectivity index (χ2n) is 4.56. The van der Waals surface area contributed by atoms with E-state index >= 15 is 0 Å². The van der Waals surface area contributed by atoms with E-state index in [0.717, 1.165) is 17.5 Å². The summed E-state index contributed by atoms with van der Waals surface area (Å²) in [5.41, 5.74) is 5.69. The predicted octanol–water partition coefficient (Wildman–Crippen LogP) is 4.34. The first-order chi connectivity index (χ1) is 8.09. The van der Waals surface area contributed by atoms with Crippen molar-refractivity contribution in [3.8, 4) is 0 Å². The number of hydrogen-bond donors (Lipinski definition) is 0. The topological polar surface area (TPSA) is 0 Å². The maximum Gasteiger partial charge on any atom is 0.126 e. The van der Waals surface area contributed by atoms with Crippen LogP contribution in [0.15, 0.2) is 36.4 Å². The quantitative estimate of drug-likeness (QED) is 0.717. The van der Waals surface area contributed by atoms with Crippen LogP contribution < -0.4 is 0 Å². The van der Waals surface area contributed by atoms with Gasteiger partial charge in [0, 0.05) is 0 Å². The highest BCUT2D eigenvalue weighted by atomic mass is 19.1. The minimum Gasteiger partial charge on any atom is -0.207 e. The Morgan fingerprint density at radius 1 is 0.824 bits per heavy atom. The molecule has 2 rings (SSSR count). The van der Waals surface area contributed by atoms with Crippen molar-refractivity contribution in [3.05, 3.63) is 70.0 Å². The first-order valence-electron chi connectivity index (χ1n) is 5.88. The van der Waals surface area contributed by atoms with E-state index in [9.17, 15) is 4.39 Å². The zero-order valence-corrected chi connectivity index (χ0v) is 10.5. The fourth-order valence-corrected chi connectivity index (χ4v) is 2.05. The van der Waals surface area contributed by atoms with E-state index in [4.69, 9.17) is 0 Å². The SMILES string of the molecule is Cc1cccc(Cc2cccc(F)c2C)c1C. The first-order valence-corrected chi connectivity index (χ1v) is 5.88. The molecule has 2 aromatic rings. The molecule has 1 heteroatoms. The molecule has 0 radical (unpaired) electrons. The van der Waals surface area contributed by atoms with Crippen LogP contribution in [0.3, 0.4) is 0 Å². The van der Waals surface area contributed by atoms with Crippen molar-refractivity contribution in [2.45, 2.75) is 27.2 Å². The Morgan fingerprint density at radius 2 is 1.41 bits per heavy atom. The Balaban J connectivity index is 2.38. The van der Waals surface area contributed by atoms with E-state index in [0.29, 0.717) is 0 Å². The fourth-order valence-electron chi connectivity index (χ4n) is 2.05. The van der Waals surface area contributed by atoms with Crippen LogP contribution in [0, 0.1) is 26.6 Å². The Bertz CT molecular complexity index is 492. The third-order valence-corrected chi connectivity index (χ3v) is 3.48. The van der Waals surface area contributed by atoms with Crippen LogP contribution in [0.2, 0.25) is 0 Å². The van der Waals surface area contributed by atoms with Gasteiger partial charge in [-0.25, -0.2) is 4.39 Å². The average molecular weight is 228 g/mol. The number of hydrogen-bond acceptors (Lipinski definition) is 0. The molecule has 0 unspecified atom stereocenters. The molecule has 0 aromatic heterocycles. The molecule has 0 N–H and O–H groups in total. The first kappa shape index (κ1) is 11.8. The molecule has 0 fully saturated rings. The van der Waals surface area contributed by atoms with Gasteiger partial charge in [0.05, 0.1) is 0 Å². The second kappa shape index (κ2) is 4.70. The summed E-state index contributed by atoms with van der Waals surface area (Å²) >= 11 is 0. The van der Waals surface area contributed by atoms with Gasteiger partial charge in [0.25, 0.3) is 0 Å². The highest BCUT2D eigenvalue weighted by Gasteiger charge is 2.06. The summed E-state index contributed by atoms with van der Waals surface area (Å²) in [4.78, 5) is 0. The normalized spacial score (nSPS) is 10.6. The fraction of sp³-hybridized carbons (Fsp3) is 0.250. The molecule has 0 amide bonds. The lowest BCUT2D eigenvalue weighted by Gasteiger charge is -2.11. The van der Waals surface area contributed by atoms with Crippen molar-refractivity contribution < 1.29 is 4.39 Å². The van der Waals surface area contributed by atoms with Gasteiger partial charge in [-0.3, -0.25) is 0 Å². The summed E-state index contributed by atoms with van der Waals surface area (Å²) in [5, 5.41) is 0. The van der Waals surface area contributed by atoms with Crippen LogP contribution in [-0.4, -0.2) is 0 Å². The molecule has 0 aliphatic heterocycles. The molecule has 0 aliphatic rings. The molecule has 2 aromatic carbocycles. The Hall–Kier alpha value is -1.63. The smallest absolute Gasteiger partial charge is 0.126 e. The van der Waals surface area contributed by atoms with Crippen molar-refractivity contribution in [2.75, 3.05) is 0 Å². The summed E-state index contributed by atoms with van der Waals surface area (Å²) in [6.45, 7) is 6.08. The zero-order chi connectivity index (χ0) is 12.4. The number of aryl methyl sites for hydroxylation is 1. The lowest BCUT2D eigenvalue weighted by molar-refractivity contribution is 0.616. The maximum atomic E-state index is 13.5. The van der Waals surface area contributed by atoms with Crippen molar-refractivity contribution in [3.63, 3.8) is 0 Å². The monoisotopic (exact) mass is 228 g/mol. The molecular weight excluding hydrogens is 211 g/mol. The Kier molecular flexibility index (Phi) is 3.28.